The maximum absolute atomic E-state index is 12.6. The van der Waals surface area contributed by atoms with Crippen LogP contribution in [0.25, 0.3) is 10.9 Å². The SMILES string of the molecule is COc1nc(NCc2cc3cc(Cl)c(OCc4ccccn4)cc3[nH]c2=O)ncc1C#N. The third-order valence-electron chi connectivity index (χ3n) is 4.58. The van der Waals surface area contributed by atoms with Gasteiger partial charge in [0.2, 0.25) is 11.8 Å². The van der Waals surface area contributed by atoms with Gasteiger partial charge in [0.1, 0.15) is 24.0 Å². The minimum absolute atomic E-state index is 0.155. The Hall–Kier alpha value is -4.16. The average molecular weight is 449 g/mol. The molecule has 0 atom stereocenters. The minimum atomic E-state index is -0.274. The monoisotopic (exact) mass is 448 g/mol. The second-order valence-corrected chi connectivity index (χ2v) is 7.09. The van der Waals surface area contributed by atoms with Gasteiger partial charge in [0.05, 0.1) is 29.5 Å². The molecule has 160 valence electrons. The first-order valence-corrected chi connectivity index (χ1v) is 9.88. The van der Waals surface area contributed by atoms with E-state index in [4.69, 9.17) is 26.3 Å². The number of ether oxygens (including phenoxy) is 2. The quantitative estimate of drug-likeness (QED) is 0.440. The number of anilines is 1. The number of aromatic amines is 1. The third kappa shape index (κ3) is 4.61. The third-order valence-corrected chi connectivity index (χ3v) is 4.88. The second-order valence-electron chi connectivity index (χ2n) is 6.69. The zero-order valence-corrected chi connectivity index (χ0v) is 17.7. The summed E-state index contributed by atoms with van der Waals surface area (Å²) in [6.07, 6.45) is 3.04. The first-order valence-electron chi connectivity index (χ1n) is 9.50. The molecule has 0 aliphatic carbocycles. The molecule has 0 amide bonds. The maximum atomic E-state index is 12.6. The van der Waals surface area contributed by atoms with E-state index in [-0.39, 0.29) is 36.1 Å². The number of nitrogens with one attached hydrogen (secondary N) is 2. The Balaban J connectivity index is 1.53. The van der Waals surface area contributed by atoms with Gasteiger partial charge < -0.3 is 19.8 Å². The van der Waals surface area contributed by atoms with Gasteiger partial charge in [-0.05, 0) is 24.3 Å². The lowest BCUT2D eigenvalue weighted by molar-refractivity contribution is 0.302. The van der Waals surface area contributed by atoms with Gasteiger partial charge in [-0.2, -0.15) is 10.2 Å². The molecule has 2 N–H and O–H groups in total. The fourth-order valence-corrected chi connectivity index (χ4v) is 3.21. The predicted octanol–water partition coefficient (Wildman–Crippen LogP) is 3.44. The summed E-state index contributed by atoms with van der Waals surface area (Å²) in [5, 5.41) is 13.1. The number of aromatic nitrogens is 4. The van der Waals surface area contributed by atoms with E-state index in [0.717, 1.165) is 11.1 Å². The Morgan fingerprint density at radius 2 is 2.12 bits per heavy atom. The van der Waals surface area contributed by atoms with Crippen LogP contribution in [0.2, 0.25) is 5.02 Å². The van der Waals surface area contributed by atoms with Gasteiger partial charge in [0, 0.05) is 29.8 Å². The predicted molar refractivity (Wildman–Crippen MR) is 119 cm³/mol. The van der Waals surface area contributed by atoms with Crippen molar-refractivity contribution in [2.24, 2.45) is 0 Å². The van der Waals surface area contributed by atoms with Crippen molar-refractivity contribution in [3.05, 3.63) is 81.0 Å². The number of halogens is 1. The normalized spacial score (nSPS) is 10.5. The van der Waals surface area contributed by atoms with Crippen molar-refractivity contribution in [1.82, 2.24) is 19.9 Å². The first kappa shape index (κ1) is 21.1. The summed E-state index contributed by atoms with van der Waals surface area (Å²) in [6, 6.07) is 12.6. The van der Waals surface area contributed by atoms with Crippen LogP contribution in [0.5, 0.6) is 11.6 Å². The van der Waals surface area contributed by atoms with Gasteiger partial charge in [-0.3, -0.25) is 9.78 Å². The molecule has 0 bridgehead atoms. The summed E-state index contributed by atoms with van der Waals surface area (Å²) in [5.41, 5.74) is 1.76. The van der Waals surface area contributed by atoms with Gasteiger partial charge in [0.25, 0.3) is 5.56 Å². The minimum Gasteiger partial charge on any atom is -0.486 e. The molecule has 0 saturated heterocycles. The summed E-state index contributed by atoms with van der Waals surface area (Å²) in [4.78, 5) is 27.8. The van der Waals surface area contributed by atoms with Crippen LogP contribution in [-0.4, -0.2) is 27.0 Å². The summed E-state index contributed by atoms with van der Waals surface area (Å²) in [5.74, 6) is 0.837. The van der Waals surface area contributed by atoms with Crippen LogP contribution < -0.4 is 20.3 Å². The van der Waals surface area contributed by atoms with Crippen LogP contribution in [0.1, 0.15) is 16.8 Å². The van der Waals surface area contributed by atoms with Crippen LogP contribution in [0, 0.1) is 11.3 Å². The van der Waals surface area contributed by atoms with E-state index in [1.165, 1.54) is 13.3 Å². The van der Waals surface area contributed by atoms with Crippen molar-refractivity contribution in [3.8, 4) is 17.7 Å². The van der Waals surface area contributed by atoms with Crippen LogP contribution in [0.4, 0.5) is 5.95 Å². The van der Waals surface area contributed by atoms with E-state index in [1.807, 2.05) is 24.3 Å². The van der Waals surface area contributed by atoms with E-state index in [2.05, 4.69) is 25.3 Å². The Labute approximate surface area is 187 Å². The van der Waals surface area contributed by atoms with Crippen molar-refractivity contribution in [2.75, 3.05) is 12.4 Å². The standard InChI is InChI=1S/C22H17ClN6O3/c1-31-21-15(9-24)11-27-22(29-21)26-10-14-6-13-7-17(23)19(8-18(13)28-20(14)30)32-12-16-4-2-3-5-25-16/h2-8,11H,10,12H2,1H3,(H,28,30)(H,26,27,29). The number of H-pyrrole nitrogens is 1. The molecule has 0 fully saturated rings. The fraction of sp³-hybridized carbons (Fsp3) is 0.136. The number of hydrogen-bond acceptors (Lipinski definition) is 8. The van der Waals surface area contributed by atoms with E-state index >= 15 is 0 Å². The zero-order valence-electron chi connectivity index (χ0n) is 16.9. The molecule has 10 heteroatoms. The van der Waals surface area contributed by atoms with E-state index in [0.29, 0.717) is 21.9 Å². The molecule has 3 aromatic heterocycles. The van der Waals surface area contributed by atoms with Crippen LogP contribution in [0.3, 0.4) is 0 Å². The van der Waals surface area contributed by atoms with Crippen LogP contribution in [-0.2, 0) is 13.2 Å². The van der Waals surface area contributed by atoms with Crippen LogP contribution >= 0.6 is 11.6 Å². The Morgan fingerprint density at radius 3 is 2.88 bits per heavy atom. The number of hydrogen-bond donors (Lipinski definition) is 2. The Morgan fingerprint density at radius 1 is 1.25 bits per heavy atom. The van der Waals surface area contributed by atoms with Gasteiger partial charge in [-0.15, -0.1) is 0 Å². The molecule has 9 nitrogen and oxygen atoms in total. The number of rotatable bonds is 7. The Bertz CT molecular complexity index is 1370. The summed E-state index contributed by atoms with van der Waals surface area (Å²) < 4.78 is 10.8. The largest absolute Gasteiger partial charge is 0.486 e. The smallest absolute Gasteiger partial charge is 0.253 e. The molecular weight excluding hydrogens is 432 g/mol. The Kier molecular flexibility index (Phi) is 6.14. The molecule has 0 radical (unpaired) electrons. The number of pyridine rings is 2. The molecule has 0 aliphatic rings. The molecule has 0 aliphatic heterocycles. The molecular formula is C22H17ClN6O3. The molecule has 0 unspecified atom stereocenters. The van der Waals surface area contributed by atoms with Crippen molar-refractivity contribution >= 4 is 28.5 Å². The first-order chi connectivity index (χ1) is 15.6. The summed E-state index contributed by atoms with van der Waals surface area (Å²) in [7, 11) is 1.42. The number of nitriles is 1. The highest BCUT2D eigenvalue weighted by Gasteiger charge is 2.11. The highest BCUT2D eigenvalue weighted by molar-refractivity contribution is 6.32. The number of nitrogens with zero attached hydrogens (tertiary/aromatic N) is 4. The lowest BCUT2D eigenvalue weighted by Gasteiger charge is -2.11. The summed E-state index contributed by atoms with van der Waals surface area (Å²) in [6.45, 7) is 0.419. The summed E-state index contributed by atoms with van der Waals surface area (Å²) >= 11 is 6.38. The second kappa shape index (κ2) is 9.32. The van der Waals surface area contributed by atoms with Crippen molar-refractivity contribution in [2.45, 2.75) is 13.2 Å². The molecule has 3 heterocycles. The number of benzene rings is 1. The van der Waals surface area contributed by atoms with E-state index in [1.54, 1.807) is 24.4 Å². The molecule has 4 aromatic rings. The average Bonchev–Trinajstić information content (AvgIpc) is 2.82. The topological polar surface area (TPSA) is 126 Å². The van der Waals surface area contributed by atoms with Crippen LogP contribution in [0.15, 0.2) is 53.6 Å². The zero-order chi connectivity index (χ0) is 22.5. The molecule has 32 heavy (non-hydrogen) atoms. The van der Waals surface area contributed by atoms with Crippen molar-refractivity contribution in [1.29, 1.82) is 5.26 Å². The maximum Gasteiger partial charge on any atom is 0.253 e. The van der Waals surface area contributed by atoms with Gasteiger partial charge in [-0.1, -0.05) is 17.7 Å². The van der Waals surface area contributed by atoms with Crippen molar-refractivity contribution < 1.29 is 9.47 Å². The van der Waals surface area contributed by atoms with E-state index < -0.39 is 0 Å². The molecule has 1 aromatic carbocycles. The molecule has 0 spiro atoms. The van der Waals surface area contributed by atoms with Gasteiger partial charge >= 0.3 is 0 Å². The molecule has 0 saturated carbocycles. The lowest BCUT2D eigenvalue weighted by Crippen LogP contribution is -2.16. The highest BCUT2D eigenvalue weighted by atomic mass is 35.5. The van der Waals surface area contributed by atoms with Gasteiger partial charge in [0.15, 0.2) is 0 Å². The van der Waals surface area contributed by atoms with E-state index in [9.17, 15) is 4.79 Å². The molecule has 4 rings (SSSR count). The number of fused-ring (bicyclic) bond motifs is 1. The van der Waals surface area contributed by atoms with Gasteiger partial charge in [-0.25, -0.2) is 4.98 Å². The highest BCUT2D eigenvalue weighted by Crippen LogP contribution is 2.29. The lowest BCUT2D eigenvalue weighted by atomic mass is 10.1. The number of methoxy groups -OCH3 is 1. The van der Waals surface area contributed by atoms with Crippen molar-refractivity contribution in [3.63, 3.8) is 0 Å². The fourth-order valence-electron chi connectivity index (χ4n) is 2.99.